The minimum absolute atomic E-state index is 0.590. The van der Waals surface area contributed by atoms with E-state index in [4.69, 9.17) is 28.6 Å². The van der Waals surface area contributed by atoms with Crippen molar-refractivity contribution in [2.75, 3.05) is 7.11 Å². The Hall–Kier alpha value is -1.78. The molecule has 0 unspecified atom stereocenters. The molecule has 0 saturated carbocycles. The van der Waals surface area contributed by atoms with Gasteiger partial charge >= 0.3 is 0 Å². The number of methoxy groups -OCH3 is 1. The van der Waals surface area contributed by atoms with Crippen molar-refractivity contribution in [2.24, 2.45) is 0 Å². The number of rotatable bonds is 2. The Bertz CT molecular complexity index is 807. The third-order valence-electron chi connectivity index (χ3n) is 2.98. The lowest BCUT2D eigenvalue weighted by molar-refractivity contribution is 0.413. The molecule has 0 aliphatic carbocycles. The molecule has 0 radical (unpaired) electrons. The molecule has 3 nitrogen and oxygen atoms in total. The molecule has 2 aromatic carbocycles. The van der Waals surface area contributed by atoms with Gasteiger partial charge < -0.3 is 9.72 Å². The molecule has 0 saturated heterocycles. The molecule has 1 heterocycles. The Labute approximate surface area is 120 Å². The highest BCUT2D eigenvalue weighted by Crippen LogP contribution is 2.30. The molecular weight excluding hydrogens is 280 g/mol. The summed E-state index contributed by atoms with van der Waals surface area (Å²) in [5.74, 6) is 0.749. The Kier molecular flexibility index (Phi) is 3.05. The standard InChI is InChI=1S/C14H11ClN2OS/c1-18-12-8-3-2-7-11(12)17-13-9(15)5-4-6-10(13)16-14(17)19/h2-8H,1H3,(H,16,19). The zero-order valence-corrected chi connectivity index (χ0v) is 11.8. The van der Waals surface area contributed by atoms with Gasteiger partial charge in [0.2, 0.25) is 0 Å². The summed E-state index contributed by atoms with van der Waals surface area (Å²) in [7, 11) is 1.64. The van der Waals surface area contributed by atoms with E-state index in [-0.39, 0.29) is 0 Å². The number of benzene rings is 2. The Morgan fingerprint density at radius 1 is 1.16 bits per heavy atom. The number of hydrogen-bond acceptors (Lipinski definition) is 2. The van der Waals surface area contributed by atoms with Crippen molar-refractivity contribution in [3.8, 4) is 11.4 Å². The molecule has 0 aliphatic heterocycles. The van der Waals surface area contributed by atoms with Crippen LogP contribution in [0.25, 0.3) is 16.7 Å². The summed E-state index contributed by atoms with van der Waals surface area (Å²) in [6, 6.07) is 13.4. The highest BCUT2D eigenvalue weighted by Gasteiger charge is 2.12. The second kappa shape index (κ2) is 4.72. The van der Waals surface area contributed by atoms with E-state index in [1.54, 1.807) is 7.11 Å². The van der Waals surface area contributed by atoms with Gasteiger partial charge in [0.25, 0.3) is 0 Å². The lowest BCUT2D eigenvalue weighted by Crippen LogP contribution is -1.98. The largest absolute Gasteiger partial charge is 0.495 e. The topological polar surface area (TPSA) is 29.9 Å². The van der Waals surface area contributed by atoms with Gasteiger partial charge in [-0.1, -0.05) is 29.8 Å². The van der Waals surface area contributed by atoms with Crippen molar-refractivity contribution in [3.63, 3.8) is 0 Å². The smallest absolute Gasteiger partial charge is 0.182 e. The third kappa shape index (κ3) is 1.93. The van der Waals surface area contributed by atoms with Crippen molar-refractivity contribution < 1.29 is 4.74 Å². The number of aromatic nitrogens is 2. The van der Waals surface area contributed by atoms with Crippen molar-refractivity contribution in [2.45, 2.75) is 0 Å². The summed E-state index contributed by atoms with van der Waals surface area (Å²) in [5.41, 5.74) is 2.64. The first kappa shape index (κ1) is 12.3. The second-order valence-electron chi connectivity index (χ2n) is 4.07. The molecule has 0 bridgehead atoms. The van der Waals surface area contributed by atoms with E-state index in [9.17, 15) is 0 Å². The number of imidazole rings is 1. The molecule has 19 heavy (non-hydrogen) atoms. The van der Waals surface area contributed by atoms with E-state index in [0.29, 0.717) is 9.79 Å². The van der Waals surface area contributed by atoms with E-state index >= 15 is 0 Å². The number of nitrogens with zero attached hydrogens (tertiary/aromatic N) is 1. The van der Waals surface area contributed by atoms with Gasteiger partial charge in [-0.25, -0.2) is 0 Å². The average Bonchev–Trinajstić information content (AvgIpc) is 2.76. The predicted molar refractivity (Wildman–Crippen MR) is 80.0 cm³/mol. The van der Waals surface area contributed by atoms with Crippen molar-refractivity contribution in [3.05, 3.63) is 52.3 Å². The van der Waals surface area contributed by atoms with Crippen LogP contribution in [0.2, 0.25) is 5.02 Å². The van der Waals surface area contributed by atoms with Crippen LogP contribution in [0.5, 0.6) is 5.75 Å². The average molecular weight is 291 g/mol. The highest BCUT2D eigenvalue weighted by molar-refractivity contribution is 7.71. The molecule has 5 heteroatoms. The molecule has 1 aromatic heterocycles. The van der Waals surface area contributed by atoms with E-state index in [1.165, 1.54) is 0 Å². The van der Waals surface area contributed by atoms with Crippen molar-refractivity contribution >= 4 is 34.9 Å². The maximum atomic E-state index is 6.29. The molecule has 0 amide bonds. The number of H-pyrrole nitrogens is 1. The van der Waals surface area contributed by atoms with Crippen LogP contribution in [0.4, 0.5) is 0 Å². The zero-order valence-electron chi connectivity index (χ0n) is 10.2. The summed E-state index contributed by atoms with van der Waals surface area (Å²) in [4.78, 5) is 3.16. The molecule has 1 N–H and O–H groups in total. The summed E-state index contributed by atoms with van der Waals surface area (Å²) in [6.07, 6.45) is 0. The number of halogens is 1. The minimum Gasteiger partial charge on any atom is -0.495 e. The van der Waals surface area contributed by atoms with Crippen LogP contribution in [0, 0.1) is 4.77 Å². The molecule has 0 fully saturated rings. The van der Waals surface area contributed by atoms with Gasteiger partial charge in [-0.05, 0) is 36.5 Å². The van der Waals surface area contributed by atoms with E-state index in [0.717, 1.165) is 22.5 Å². The van der Waals surface area contributed by atoms with Crippen molar-refractivity contribution in [1.82, 2.24) is 9.55 Å². The minimum atomic E-state index is 0.590. The number of hydrogen-bond donors (Lipinski definition) is 1. The number of aromatic amines is 1. The van der Waals surface area contributed by atoms with Gasteiger partial charge in [0.05, 0.1) is 28.9 Å². The van der Waals surface area contributed by atoms with Crippen LogP contribution in [0.1, 0.15) is 0 Å². The van der Waals surface area contributed by atoms with E-state index in [1.807, 2.05) is 47.0 Å². The number of para-hydroxylation sites is 3. The third-order valence-corrected chi connectivity index (χ3v) is 3.57. The van der Waals surface area contributed by atoms with Gasteiger partial charge in [-0.15, -0.1) is 0 Å². The summed E-state index contributed by atoms with van der Waals surface area (Å²) < 4.78 is 7.87. The lowest BCUT2D eigenvalue weighted by Gasteiger charge is -2.10. The maximum absolute atomic E-state index is 6.29. The zero-order chi connectivity index (χ0) is 13.4. The van der Waals surface area contributed by atoms with E-state index in [2.05, 4.69) is 4.98 Å². The number of ether oxygens (including phenoxy) is 1. The van der Waals surface area contributed by atoms with Crippen LogP contribution < -0.4 is 4.74 Å². The molecule has 3 aromatic rings. The molecule has 0 atom stereocenters. The first-order valence-corrected chi connectivity index (χ1v) is 6.53. The van der Waals surface area contributed by atoms with Crippen molar-refractivity contribution in [1.29, 1.82) is 0 Å². The Morgan fingerprint density at radius 3 is 2.74 bits per heavy atom. The summed E-state index contributed by atoms with van der Waals surface area (Å²) in [6.45, 7) is 0. The predicted octanol–water partition coefficient (Wildman–Crippen LogP) is 4.35. The normalized spacial score (nSPS) is 10.8. The molecular formula is C14H11ClN2OS. The van der Waals surface area contributed by atoms with Gasteiger partial charge in [0, 0.05) is 0 Å². The molecule has 0 spiro atoms. The van der Waals surface area contributed by atoms with Crippen LogP contribution in [0.15, 0.2) is 42.5 Å². The summed E-state index contributed by atoms with van der Waals surface area (Å²) >= 11 is 11.7. The molecule has 3 rings (SSSR count). The van der Waals surface area contributed by atoms with Gasteiger partial charge in [0.15, 0.2) is 4.77 Å². The van der Waals surface area contributed by atoms with Gasteiger partial charge in [-0.3, -0.25) is 4.57 Å². The van der Waals surface area contributed by atoms with Gasteiger partial charge in [0.1, 0.15) is 5.75 Å². The Balaban J connectivity index is 2.43. The highest BCUT2D eigenvalue weighted by atomic mass is 35.5. The fourth-order valence-electron chi connectivity index (χ4n) is 2.16. The van der Waals surface area contributed by atoms with Crippen LogP contribution in [0.3, 0.4) is 0 Å². The van der Waals surface area contributed by atoms with Crippen LogP contribution >= 0.6 is 23.8 Å². The SMILES string of the molecule is COc1ccccc1-n1c(=S)[nH]c2cccc(Cl)c21. The van der Waals surface area contributed by atoms with Crippen LogP contribution in [-0.4, -0.2) is 16.7 Å². The molecule has 96 valence electrons. The quantitative estimate of drug-likeness (QED) is 0.711. The Morgan fingerprint density at radius 2 is 1.95 bits per heavy atom. The number of fused-ring (bicyclic) bond motifs is 1. The number of nitrogens with one attached hydrogen (secondary N) is 1. The fraction of sp³-hybridized carbons (Fsp3) is 0.0714. The molecule has 0 aliphatic rings. The monoisotopic (exact) mass is 290 g/mol. The van der Waals surface area contributed by atoms with Gasteiger partial charge in [-0.2, -0.15) is 0 Å². The summed E-state index contributed by atoms with van der Waals surface area (Å²) in [5, 5.41) is 0.649. The first-order valence-electron chi connectivity index (χ1n) is 5.75. The van der Waals surface area contributed by atoms with E-state index < -0.39 is 0 Å². The lowest BCUT2D eigenvalue weighted by atomic mass is 10.2. The maximum Gasteiger partial charge on any atom is 0.182 e. The second-order valence-corrected chi connectivity index (χ2v) is 4.87. The fourth-order valence-corrected chi connectivity index (χ4v) is 2.72. The van der Waals surface area contributed by atoms with Crippen LogP contribution in [-0.2, 0) is 0 Å². The first-order chi connectivity index (χ1) is 9.22.